The highest BCUT2D eigenvalue weighted by atomic mass is 35.5. The summed E-state index contributed by atoms with van der Waals surface area (Å²) >= 11 is 14.4. The van der Waals surface area contributed by atoms with Gasteiger partial charge in [0.05, 0.1) is 44.9 Å². The number of thiazole rings is 1. The number of aromatic amines is 1. The molecular formula is C35H31Cl2N7O6S2. The number of H-pyrrole nitrogens is 1. The van der Waals surface area contributed by atoms with Gasteiger partial charge in [-0.05, 0) is 86.6 Å². The fourth-order valence-corrected chi connectivity index (χ4v) is 8.16. The van der Waals surface area contributed by atoms with Crippen molar-refractivity contribution in [2.24, 2.45) is 4.99 Å². The summed E-state index contributed by atoms with van der Waals surface area (Å²) in [6, 6.07) is 13.9. The molecule has 0 saturated carbocycles. The molecule has 2 aromatic heterocycles. The second-order valence-electron chi connectivity index (χ2n) is 11.3. The standard InChI is InChI=1S/C35H31Cl2N7O6S2/c1-6-42(7-2)33(46)29-18(3)38-35-43(30(29)23-17-21(49-4)10-12-26(23)50-5)32(45)28(52-35)15-19-8-13-27(25(14-19)44(47)48)51-34-39-31(40-41-34)22-11-9-20(36)16-24(22)37/h8-17,30H,6-7H2,1-5H3,(H,39,40,41)/b28-15-/t30-/m0/s1. The van der Waals surface area contributed by atoms with Crippen molar-refractivity contribution in [1.29, 1.82) is 0 Å². The maximum Gasteiger partial charge on any atom is 0.283 e. The van der Waals surface area contributed by atoms with Gasteiger partial charge < -0.3 is 14.4 Å². The van der Waals surface area contributed by atoms with Gasteiger partial charge in [-0.3, -0.25) is 29.4 Å². The van der Waals surface area contributed by atoms with Crippen LogP contribution in [0.5, 0.6) is 11.5 Å². The van der Waals surface area contributed by atoms with Gasteiger partial charge in [-0.2, -0.15) is 0 Å². The number of nitrogens with zero attached hydrogens (tertiary/aromatic N) is 6. The van der Waals surface area contributed by atoms with Crippen LogP contribution in [0.15, 0.2) is 85.7 Å². The van der Waals surface area contributed by atoms with Gasteiger partial charge in [-0.1, -0.05) is 40.6 Å². The summed E-state index contributed by atoms with van der Waals surface area (Å²) in [6.07, 6.45) is 1.57. The van der Waals surface area contributed by atoms with E-state index in [1.165, 1.54) is 24.9 Å². The van der Waals surface area contributed by atoms with Crippen molar-refractivity contribution in [3.63, 3.8) is 0 Å². The molecule has 268 valence electrons. The minimum atomic E-state index is -0.890. The van der Waals surface area contributed by atoms with E-state index in [0.717, 1.165) is 23.1 Å². The summed E-state index contributed by atoms with van der Waals surface area (Å²) in [6.45, 7) is 6.43. The molecule has 1 amide bonds. The van der Waals surface area contributed by atoms with E-state index in [1.807, 2.05) is 13.8 Å². The minimum absolute atomic E-state index is 0.204. The van der Waals surface area contributed by atoms with Crippen LogP contribution in [0.4, 0.5) is 5.69 Å². The Morgan fingerprint density at radius 1 is 1.12 bits per heavy atom. The summed E-state index contributed by atoms with van der Waals surface area (Å²) in [5, 5.41) is 20.3. The number of nitrogens with one attached hydrogen (secondary N) is 1. The van der Waals surface area contributed by atoms with Crippen molar-refractivity contribution in [2.45, 2.75) is 36.9 Å². The van der Waals surface area contributed by atoms with Crippen LogP contribution in [0.25, 0.3) is 17.5 Å². The molecule has 3 aromatic carbocycles. The number of aromatic nitrogens is 4. The molecule has 3 heterocycles. The average Bonchev–Trinajstić information content (AvgIpc) is 3.71. The van der Waals surface area contributed by atoms with Crippen molar-refractivity contribution >= 4 is 64.0 Å². The van der Waals surface area contributed by atoms with Crippen molar-refractivity contribution < 1.29 is 19.2 Å². The molecule has 13 nitrogen and oxygen atoms in total. The van der Waals surface area contributed by atoms with Crippen molar-refractivity contribution in [2.75, 3.05) is 27.3 Å². The predicted molar refractivity (Wildman–Crippen MR) is 200 cm³/mol. The largest absolute Gasteiger partial charge is 0.497 e. The lowest BCUT2D eigenvalue weighted by Crippen LogP contribution is -2.43. The summed E-state index contributed by atoms with van der Waals surface area (Å²) in [4.78, 5) is 51.6. The minimum Gasteiger partial charge on any atom is -0.497 e. The van der Waals surface area contributed by atoms with Crippen molar-refractivity contribution in [3.05, 3.63) is 117 Å². The molecule has 1 atom stereocenters. The Morgan fingerprint density at radius 3 is 2.56 bits per heavy atom. The first-order valence-corrected chi connectivity index (χ1v) is 18.2. The van der Waals surface area contributed by atoms with Gasteiger partial charge in [-0.25, -0.2) is 9.98 Å². The number of carbonyl (C=O) groups is 1. The van der Waals surface area contributed by atoms with Gasteiger partial charge in [0, 0.05) is 35.3 Å². The van der Waals surface area contributed by atoms with Gasteiger partial charge in [-0.15, -0.1) is 5.10 Å². The van der Waals surface area contributed by atoms with Crippen LogP contribution < -0.4 is 24.4 Å². The molecule has 0 aliphatic carbocycles. The molecule has 1 aliphatic rings. The Hall–Kier alpha value is -4.96. The SMILES string of the molecule is CCN(CC)C(=O)C1=C(C)N=c2s/c(=C\c3ccc(Sc4n[nH]c(-c5ccc(Cl)cc5Cl)n4)c([N+](=O)[O-])c3)c(=O)n2[C@H]1c1cc(OC)ccc1OC. The maximum atomic E-state index is 14.3. The summed E-state index contributed by atoms with van der Waals surface area (Å²) < 4.78 is 13.0. The molecule has 0 fully saturated rings. The highest BCUT2D eigenvalue weighted by Crippen LogP contribution is 2.39. The fourth-order valence-electron chi connectivity index (χ4n) is 5.82. The average molecular weight is 781 g/mol. The Kier molecular flexibility index (Phi) is 10.9. The molecule has 0 bridgehead atoms. The molecular weight excluding hydrogens is 749 g/mol. The predicted octanol–water partition coefficient (Wildman–Crippen LogP) is 6.27. The number of hydrogen-bond acceptors (Lipinski definition) is 11. The zero-order valence-electron chi connectivity index (χ0n) is 28.5. The zero-order chi connectivity index (χ0) is 37.3. The molecule has 52 heavy (non-hydrogen) atoms. The lowest BCUT2D eigenvalue weighted by atomic mass is 9.93. The van der Waals surface area contributed by atoms with Crippen molar-refractivity contribution in [3.8, 4) is 22.9 Å². The fraction of sp³-hybridized carbons (Fsp3) is 0.229. The number of allylic oxidation sites excluding steroid dienone is 1. The molecule has 17 heteroatoms. The molecule has 1 N–H and O–H groups in total. The third kappa shape index (κ3) is 7.08. The first-order chi connectivity index (χ1) is 25.0. The van der Waals surface area contributed by atoms with E-state index < -0.39 is 16.5 Å². The second kappa shape index (κ2) is 15.3. The number of ether oxygens (including phenoxy) is 2. The van der Waals surface area contributed by atoms with E-state index in [9.17, 15) is 19.7 Å². The topological polar surface area (TPSA) is 158 Å². The second-order valence-corrected chi connectivity index (χ2v) is 14.2. The Morgan fingerprint density at radius 2 is 1.88 bits per heavy atom. The number of nitro benzene ring substituents is 1. The third-order valence-corrected chi connectivity index (χ3v) is 10.8. The third-order valence-electron chi connectivity index (χ3n) is 8.36. The lowest BCUT2D eigenvalue weighted by Gasteiger charge is -2.30. The molecule has 0 unspecified atom stereocenters. The molecule has 5 aromatic rings. The van der Waals surface area contributed by atoms with Crippen LogP contribution >= 0.6 is 46.3 Å². The molecule has 0 radical (unpaired) electrons. The van der Waals surface area contributed by atoms with Gasteiger partial charge in [0.1, 0.15) is 17.5 Å². The number of methoxy groups -OCH3 is 2. The van der Waals surface area contributed by atoms with Gasteiger partial charge in [0.15, 0.2) is 10.6 Å². The number of rotatable bonds is 11. The summed E-state index contributed by atoms with van der Waals surface area (Å²) in [7, 11) is 3.05. The molecule has 0 spiro atoms. The van der Waals surface area contributed by atoms with E-state index in [2.05, 4.69) is 15.2 Å². The maximum absolute atomic E-state index is 14.3. The number of benzene rings is 3. The van der Waals surface area contributed by atoms with Crippen molar-refractivity contribution in [1.82, 2.24) is 24.6 Å². The van der Waals surface area contributed by atoms with Gasteiger partial charge >= 0.3 is 0 Å². The molecule has 0 saturated heterocycles. The highest BCUT2D eigenvalue weighted by Gasteiger charge is 2.36. The summed E-state index contributed by atoms with van der Waals surface area (Å²) in [5.74, 6) is 1.09. The zero-order valence-corrected chi connectivity index (χ0v) is 31.6. The molecule has 6 rings (SSSR count). The Balaban J connectivity index is 1.43. The van der Waals surface area contributed by atoms with E-state index in [0.29, 0.717) is 73.2 Å². The number of nitro groups is 1. The smallest absolute Gasteiger partial charge is 0.283 e. The first kappa shape index (κ1) is 36.8. The van der Waals surface area contributed by atoms with E-state index >= 15 is 0 Å². The number of carbonyl (C=O) groups excluding carboxylic acids is 1. The van der Waals surface area contributed by atoms with E-state index in [1.54, 1.807) is 66.4 Å². The number of hydrogen-bond donors (Lipinski definition) is 1. The van der Waals surface area contributed by atoms with Gasteiger partial charge in [0.25, 0.3) is 17.2 Å². The Labute approximate surface area is 315 Å². The van der Waals surface area contributed by atoms with E-state index in [4.69, 9.17) is 37.7 Å². The van der Waals surface area contributed by atoms with E-state index in [-0.39, 0.29) is 26.2 Å². The van der Waals surface area contributed by atoms with Crippen LogP contribution in [-0.4, -0.2) is 62.8 Å². The lowest BCUT2D eigenvalue weighted by molar-refractivity contribution is -0.387. The molecule has 1 aliphatic heterocycles. The quantitative estimate of drug-likeness (QED) is 0.121. The number of likely N-dealkylation sites (N-methyl/N-ethyl adjacent to an activating group) is 1. The summed E-state index contributed by atoms with van der Waals surface area (Å²) in [5.41, 5.74) is 1.70. The monoisotopic (exact) mass is 779 g/mol. The van der Waals surface area contributed by atoms with Crippen LogP contribution in [0.3, 0.4) is 0 Å². The first-order valence-electron chi connectivity index (χ1n) is 15.9. The van der Waals surface area contributed by atoms with Crippen LogP contribution in [-0.2, 0) is 4.79 Å². The number of halogens is 2. The number of amides is 1. The highest BCUT2D eigenvalue weighted by molar-refractivity contribution is 7.99. The van der Waals surface area contributed by atoms with Gasteiger partial charge in [0.2, 0.25) is 5.16 Å². The van der Waals surface area contributed by atoms with Crippen LogP contribution in [0.2, 0.25) is 10.0 Å². The Bertz CT molecular complexity index is 2440. The number of fused-ring (bicyclic) bond motifs is 1. The van der Waals surface area contributed by atoms with Crippen LogP contribution in [0, 0.1) is 10.1 Å². The van der Waals surface area contributed by atoms with Crippen LogP contribution in [0.1, 0.15) is 37.9 Å². The normalized spacial score (nSPS) is 14.2.